The number of amides is 2. The number of carbonyl (C=O) groups is 3. The lowest BCUT2D eigenvalue weighted by Gasteiger charge is -2.16. The molecule has 132 valence electrons. The third kappa shape index (κ3) is 5.20. The molecule has 2 aromatic carbocycles. The zero-order valence-corrected chi connectivity index (χ0v) is 13.5. The first-order chi connectivity index (χ1) is 14.4. The SMILES string of the molecule is [2H]c1c([2H])c([2H])c2c([2H])c([2H])c(OCC(=O)NC(C)C(=O)NC(C)C(=O)O)cc2c1[2H]. The summed E-state index contributed by atoms with van der Waals surface area (Å²) < 4.78 is 52.7. The van der Waals surface area contributed by atoms with E-state index in [0.29, 0.717) is 0 Å². The molecule has 0 spiro atoms. The Labute approximate surface area is 153 Å². The largest absolute Gasteiger partial charge is 0.484 e. The van der Waals surface area contributed by atoms with E-state index in [4.69, 9.17) is 18.1 Å². The molecule has 0 aliphatic heterocycles. The fraction of sp³-hybridized carbons (Fsp3) is 0.278. The molecule has 2 atom stereocenters. The van der Waals surface area contributed by atoms with Crippen LogP contribution in [0.5, 0.6) is 5.75 Å². The van der Waals surface area contributed by atoms with Gasteiger partial charge in [0.2, 0.25) is 5.91 Å². The van der Waals surface area contributed by atoms with E-state index in [1.807, 2.05) is 0 Å². The lowest BCUT2D eigenvalue weighted by atomic mass is 10.1. The Morgan fingerprint density at radius 2 is 1.76 bits per heavy atom. The van der Waals surface area contributed by atoms with Gasteiger partial charge in [-0.2, -0.15) is 0 Å². The van der Waals surface area contributed by atoms with Crippen LogP contribution in [0.1, 0.15) is 22.1 Å². The fourth-order valence-corrected chi connectivity index (χ4v) is 1.79. The average molecular weight is 350 g/mol. The highest BCUT2D eigenvalue weighted by molar-refractivity contribution is 5.90. The van der Waals surface area contributed by atoms with E-state index in [-0.39, 0.29) is 16.5 Å². The maximum absolute atomic E-state index is 12.1. The van der Waals surface area contributed by atoms with Crippen LogP contribution in [0.2, 0.25) is 0 Å². The highest BCUT2D eigenvalue weighted by Gasteiger charge is 2.20. The standard InChI is InChI=1S/C18H20N2O5/c1-11(17(22)20-12(2)18(23)24)19-16(21)10-25-15-8-7-13-5-3-4-6-14(13)9-15/h3-9,11-12H,10H2,1-2H3,(H,19,21)(H,20,22)(H,23,24)/i3D,4D,5D,6D,7D,8D. The van der Waals surface area contributed by atoms with Gasteiger partial charge < -0.3 is 20.5 Å². The second-order valence-electron chi connectivity index (χ2n) is 5.19. The molecule has 0 saturated heterocycles. The molecular weight excluding hydrogens is 324 g/mol. The lowest BCUT2D eigenvalue weighted by molar-refractivity contribution is -0.141. The van der Waals surface area contributed by atoms with Gasteiger partial charge in [0.25, 0.3) is 5.91 Å². The molecular formula is C18H20N2O5. The smallest absolute Gasteiger partial charge is 0.325 e. The van der Waals surface area contributed by atoms with E-state index in [1.165, 1.54) is 13.8 Å². The van der Waals surface area contributed by atoms with E-state index >= 15 is 0 Å². The number of nitrogens with one attached hydrogen (secondary N) is 2. The van der Waals surface area contributed by atoms with Gasteiger partial charge in [0.15, 0.2) is 6.61 Å². The summed E-state index contributed by atoms with van der Waals surface area (Å²) in [5, 5.41) is 13.1. The summed E-state index contributed by atoms with van der Waals surface area (Å²) in [7, 11) is 0. The Bertz CT molecular complexity index is 1080. The minimum atomic E-state index is -1.24. The Morgan fingerprint density at radius 1 is 1.08 bits per heavy atom. The highest BCUT2D eigenvalue weighted by Crippen LogP contribution is 2.20. The van der Waals surface area contributed by atoms with Crippen molar-refractivity contribution in [2.24, 2.45) is 0 Å². The zero-order valence-electron chi connectivity index (χ0n) is 19.5. The molecule has 7 nitrogen and oxygen atoms in total. The second-order valence-corrected chi connectivity index (χ2v) is 5.19. The third-order valence-corrected chi connectivity index (χ3v) is 3.16. The quantitative estimate of drug-likeness (QED) is 0.698. The first kappa shape index (κ1) is 11.5. The Hall–Kier alpha value is -3.09. The maximum Gasteiger partial charge on any atom is 0.325 e. The van der Waals surface area contributed by atoms with Gasteiger partial charge in [0.1, 0.15) is 17.8 Å². The molecule has 25 heavy (non-hydrogen) atoms. The maximum atomic E-state index is 12.1. The Morgan fingerprint density at radius 3 is 2.44 bits per heavy atom. The molecule has 0 aliphatic carbocycles. The van der Waals surface area contributed by atoms with Gasteiger partial charge in [-0.1, -0.05) is 30.2 Å². The van der Waals surface area contributed by atoms with Crippen LogP contribution in [0.25, 0.3) is 10.8 Å². The summed E-state index contributed by atoms with van der Waals surface area (Å²) >= 11 is 0. The monoisotopic (exact) mass is 350 g/mol. The van der Waals surface area contributed by atoms with Crippen LogP contribution >= 0.6 is 0 Å². The van der Waals surface area contributed by atoms with Crippen LogP contribution < -0.4 is 15.4 Å². The van der Waals surface area contributed by atoms with Gasteiger partial charge in [-0.25, -0.2) is 0 Å². The number of ether oxygens (including phenoxy) is 1. The van der Waals surface area contributed by atoms with E-state index < -0.39 is 72.7 Å². The van der Waals surface area contributed by atoms with Crippen molar-refractivity contribution in [2.45, 2.75) is 25.9 Å². The van der Waals surface area contributed by atoms with Gasteiger partial charge in [-0.3, -0.25) is 14.4 Å². The van der Waals surface area contributed by atoms with Crippen molar-refractivity contribution in [1.29, 1.82) is 0 Å². The minimum Gasteiger partial charge on any atom is -0.484 e. The number of carboxylic acids is 1. The van der Waals surface area contributed by atoms with E-state index in [1.54, 1.807) is 0 Å². The van der Waals surface area contributed by atoms with Crippen molar-refractivity contribution in [1.82, 2.24) is 10.6 Å². The number of hydrogen-bond donors (Lipinski definition) is 3. The molecule has 0 fully saturated rings. The van der Waals surface area contributed by atoms with E-state index in [2.05, 4.69) is 10.6 Å². The second kappa shape index (κ2) is 8.14. The molecule has 0 radical (unpaired) electrons. The summed E-state index contributed by atoms with van der Waals surface area (Å²) in [6.07, 6.45) is 0. The van der Waals surface area contributed by atoms with Crippen LogP contribution in [0.15, 0.2) is 42.3 Å². The van der Waals surface area contributed by atoms with Crippen molar-refractivity contribution < 1.29 is 32.5 Å². The number of rotatable bonds is 7. The van der Waals surface area contributed by atoms with Crippen LogP contribution in [-0.4, -0.2) is 41.6 Å². The number of hydrogen-bond acceptors (Lipinski definition) is 4. The number of aliphatic carboxylic acids is 1. The molecule has 0 saturated carbocycles. The summed E-state index contributed by atoms with van der Waals surface area (Å²) in [6, 6.07) is -3.88. The highest BCUT2D eigenvalue weighted by atomic mass is 16.5. The van der Waals surface area contributed by atoms with Gasteiger partial charge in [0.05, 0.1) is 8.22 Å². The van der Waals surface area contributed by atoms with Crippen LogP contribution in [-0.2, 0) is 14.4 Å². The van der Waals surface area contributed by atoms with Gasteiger partial charge in [-0.05, 0) is 36.7 Å². The van der Waals surface area contributed by atoms with Crippen LogP contribution in [0.4, 0.5) is 0 Å². The number of fused-ring (bicyclic) bond motifs is 1. The molecule has 2 rings (SSSR count). The summed E-state index contributed by atoms with van der Waals surface area (Å²) in [5.74, 6) is -2.96. The molecule has 7 heteroatoms. The molecule has 2 unspecified atom stereocenters. The normalized spacial score (nSPS) is 16.2. The van der Waals surface area contributed by atoms with Gasteiger partial charge in [-0.15, -0.1) is 0 Å². The third-order valence-electron chi connectivity index (χ3n) is 3.16. The first-order valence-electron chi connectivity index (χ1n) is 10.3. The van der Waals surface area contributed by atoms with Crippen molar-refractivity contribution in [2.75, 3.05) is 6.61 Å². The van der Waals surface area contributed by atoms with Crippen LogP contribution in [0, 0.1) is 0 Å². The summed E-state index contributed by atoms with van der Waals surface area (Å²) in [4.78, 5) is 34.7. The number of benzene rings is 2. The van der Waals surface area contributed by atoms with E-state index in [0.717, 1.165) is 6.07 Å². The Balaban J connectivity index is 2.17. The molecule has 0 heterocycles. The van der Waals surface area contributed by atoms with Crippen molar-refractivity contribution in [3.63, 3.8) is 0 Å². The van der Waals surface area contributed by atoms with Crippen molar-refractivity contribution in [3.05, 3.63) is 42.3 Å². The predicted octanol–water partition coefficient (Wildman–Crippen LogP) is 1.31. The summed E-state index contributed by atoms with van der Waals surface area (Å²) in [6.45, 7) is 1.96. The summed E-state index contributed by atoms with van der Waals surface area (Å²) in [5.41, 5.74) is 0. The fourth-order valence-electron chi connectivity index (χ4n) is 1.79. The molecule has 2 aromatic rings. The molecule has 2 amide bonds. The predicted molar refractivity (Wildman–Crippen MR) is 92.3 cm³/mol. The van der Waals surface area contributed by atoms with Gasteiger partial charge in [0, 0.05) is 0 Å². The molecule has 3 N–H and O–H groups in total. The van der Waals surface area contributed by atoms with Crippen molar-refractivity contribution >= 4 is 28.6 Å². The first-order valence-corrected chi connectivity index (χ1v) is 7.32. The average Bonchev–Trinajstić information content (AvgIpc) is 2.71. The van der Waals surface area contributed by atoms with E-state index in [9.17, 15) is 14.4 Å². The Kier molecular flexibility index (Phi) is 3.73. The van der Waals surface area contributed by atoms with Gasteiger partial charge >= 0.3 is 5.97 Å². The minimum absolute atomic E-state index is 0.0298. The lowest BCUT2D eigenvalue weighted by Crippen LogP contribution is -2.50. The molecule has 0 aromatic heterocycles. The topological polar surface area (TPSA) is 105 Å². The van der Waals surface area contributed by atoms with Crippen molar-refractivity contribution in [3.8, 4) is 5.75 Å². The molecule has 0 bridgehead atoms. The molecule has 0 aliphatic rings. The zero-order chi connectivity index (χ0) is 23.6. The van der Waals surface area contributed by atoms with Crippen LogP contribution in [0.3, 0.4) is 0 Å². The number of carboxylic acid groups (broad SMARTS) is 1. The number of carbonyl (C=O) groups excluding carboxylic acids is 2.